The molecule has 1 saturated heterocycles. The van der Waals surface area contributed by atoms with Gasteiger partial charge < -0.3 is 9.64 Å². The average molecular weight is 474 g/mol. The first-order valence-corrected chi connectivity index (χ1v) is 10.4. The number of benzene rings is 2. The van der Waals surface area contributed by atoms with Gasteiger partial charge in [0.2, 0.25) is 5.75 Å². The molecule has 2 aromatic carbocycles. The smallest absolute Gasteiger partial charge is 0.318 e. The predicted octanol–water partition coefficient (Wildman–Crippen LogP) is 2.95. The molecule has 0 saturated carbocycles. The lowest BCUT2D eigenvalue weighted by molar-refractivity contribution is -0.394. The van der Waals surface area contributed by atoms with Crippen molar-refractivity contribution in [2.24, 2.45) is 0 Å². The molecule has 1 heterocycles. The van der Waals surface area contributed by atoms with E-state index in [1.165, 1.54) is 12.1 Å². The highest BCUT2D eigenvalue weighted by Crippen LogP contribution is 2.34. The molecule has 0 aromatic heterocycles. The lowest BCUT2D eigenvalue weighted by Gasteiger charge is -2.44. The summed E-state index contributed by atoms with van der Waals surface area (Å²) in [5, 5.41) is 22.4. The Morgan fingerprint density at radius 1 is 1.12 bits per heavy atom. The van der Waals surface area contributed by atoms with Crippen molar-refractivity contribution in [2.45, 2.75) is 32.5 Å². The van der Waals surface area contributed by atoms with Gasteiger partial charge in [-0.2, -0.15) is 0 Å². The zero-order chi connectivity index (χ0) is 25.0. The molecule has 12 heteroatoms. The van der Waals surface area contributed by atoms with Crippen LogP contribution in [0.4, 0.5) is 15.8 Å². The average Bonchev–Trinajstić information content (AvgIpc) is 2.80. The van der Waals surface area contributed by atoms with Gasteiger partial charge in [0, 0.05) is 37.8 Å². The maximum atomic E-state index is 13.2. The molecule has 180 valence electrons. The predicted molar refractivity (Wildman–Crippen MR) is 118 cm³/mol. The number of hydrogen-bond acceptors (Lipinski definition) is 8. The number of carbonyl (C=O) groups excluding carboxylic acids is 2. The molecule has 11 nitrogen and oxygen atoms in total. The molecule has 1 aliphatic heterocycles. The lowest BCUT2D eigenvalue weighted by atomic mass is 10.1. The van der Waals surface area contributed by atoms with Crippen LogP contribution >= 0.6 is 0 Å². The molecule has 0 aliphatic carbocycles. The number of hydrogen-bond donors (Lipinski definition) is 0. The van der Waals surface area contributed by atoms with Crippen molar-refractivity contribution in [3.63, 3.8) is 0 Å². The van der Waals surface area contributed by atoms with E-state index in [9.17, 15) is 34.2 Å². The van der Waals surface area contributed by atoms with E-state index in [1.54, 1.807) is 17.0 Å². The first-order chi connectivity index (χ1) is 16.1. The maximum absolute atomic E-state index is 13.2. The Hall–Kier alpha value is -3.93. The van der Waals surface area contributed by atoms with Crippen molar-refractivity contribution in [3.05, 3.63) is 73.6 Å². The normalized spacial score (nSPS) is 18.4. The van der Waals surface area contributed by atoms with Crippen LogP contribution in [-0.4, -0.2) is 63.6 Å². The largest absolute Gasteiger partial charge is 0.476 e. The summed E-state index contributed by atoms with van der Waals surface area (Å²) in [5.41, 5.74) is -0.850. The van der Waals surface area contributed by atoms with Crippen LogP contribution in [0.25, 0.3) is 0 Å². The number of ether oxygens (including phenoxy) is 1. The molecule has 1 fully saturated rings. The summed E-state index contributed by atoms with van der Waals surface area (Å²) >= 11 is 0. The minimum Gasteiger partial charge on any atom is -0.476 e. The Morgan fingerprint density at radius 2 is 1.79 bits per heavy atom. The molecule has 2 atom stereocenters. The molecule has 34 heavy (non-hydrogen) atoms. The van der Waals surface area contributed by atoms with Crippen LogP contribution in [0.2, 0.25) is 0 Å². The third-order valence-electron chi connectivity index (χ3n) is 5.69. The maximum Gasteiger partial charge on any atom is 0.318 e. The lowest BCUT2D eigenvalue weighted by Crippen LogP contribution is -2.58. The number of piperazine rings is 1. The zero-order valence-corrected chi connectivity index (χ0v) is 18.5. The fraction of sp³-hybridized carbons (Fsp3) is 0.364. The fourth-order valence-corrected chi connectivity index (χ4v) is 3.91. The topological polar surface area (TPSA) is 136 Å². The highest BCUT2D eigenvalue weighted by molar-refractivity contribution is 5.85. The molecule has 0 N–H and O–H groups in total. The van der Waals surface area contributed by atoms with Crippen LogP contribution < -0.4 is 4.74 Å². The van der Waals surface area contributed by atoms with Gasteiger partial charge >= 0.3 is 5.69 Å². The molecule has 0 spiro atoms. The van der Waals surface area contributed by atoms with Crippen molar-refractivity contribution in [1.82, 2.24) is 9.80 Å². The third-order valence-corrected chi connectivity index (χ3v) is 5.69. The van der Waals surface area contributed by atoms with E-state index in [0.29, 0.717) is 25.7 Å². The summed E-state index contributed by atoms with van der Waals surface area (Å²) in [7, 11) is 0. The van der Waals surface area contributed by atoms with Gasteiger partial charge in [0.05, 0.1) is 21.5 Å². The number of amides is 1. The van der Waals surface area contributed by atoms with Crippen LogP contribution in [0.3, 0.4) is 0 Å². The number of halogens is 1. The molecular weight excluding hydrogens is 451 g/mol. The first kappa shape index (κ1) is 24.7. The number of nitrogens with zero attached hydrogens (tertiary/aromatic N) is 4. The Kier molecular flexibility index (Phi) is 7.51. The van der Waals surface area contributed by atoms with Crippen molar-refractivity contribution >= 4 is 23.6 Å². The molecule has 3 rings (SSSR count). The zero-order valence-electron chi connectivity index (χ0n) is 18.5. The Balaban J connectivity index is 1.69. The van der Waals surface area contributed by atoms with Gasteiger partial charge in [-0.05, 0) is 31.5 Å². The minimum absolute atomic E-state index is 0.0237. The van der Waals surface area contributed by atoms with Crippen molar-refractivity contribution in [1.29, 1.82) is 0 Å². The fourth-order valence-electron chi connectivity index (χ4n) is 3.91. The van der Waals surface area contributed by atoms with E-state index in [2.05, 4.69) is 4.90 Å². The van der Waals surface area contributed by atoms with E-state index in [1.807, 2.05) is 13.8 Å². The van der Waals surface area contributed by atoms with Gasteiger partial charge in [0.1, 0.15) is 5.82 Å². The monoisotopic (exact) mass is 474 g/mol. The molecule has 1 amide bonds. The van der Waals surface area contributed by atoms with Gasteiger partial charge in [-0.3, -0.25) is 34.7 Å². The van der Waals surface area contributed by atoms with Crippen molar-refractivity contribution in [2.75, 3.05) is 19.7 Å². The number of non-ortho nitro benzene ring substituents is 1. The van der Waals surface area contributed by atoms with Gasteiger partial charge in [-0.1, -0.05) is 12.1 Å². The minimum atomic E-state index is -0.904. The summed E-state index contributed by atoms with van der Waals surface area (Å²) in [6.07, 6.45) is 0.207. The number of aldehydes is 1. The summed E-state index contributed by atoms with van der Waals surface area (Å²) in [6.45, 7) is 4.72. The van der Waals surface area contributed by atoms with Gasteiger partial charge in [0.15, 0.2) is 12.9 Å². The molecule has 0 bridgehead atoms. The standard InChI is InChI=1S/C22H23FN4O7/c1-14-10-25(15(2)9-24(14)11-16-3-5-18(23)6-4-16)21(29)13-34-22-17(12-28)7-19(26(30)31)8-20(22)27(32)33/h3-8,12,14-15H,9-11,13H2,1-2H3/t14-,15+/m0/s1. The Morgan fingerprint density at radius 3 is 2.38 bits per heavy atom. The second-order valence-corrected chi connectivity index (χ2v) is 8.10. The molecule has 0 unspecified atom stereocenters. The quantitative estimate of drug-likeness (QED) is 0.324. The molecule has 0 radical (unpaired) electrons. The highest BCUT2D eigenvalue weighted by atomic mass is 19.1. The van der Waals surface area contributed by atoms with Gasteiger partial charge in [-0.15, -0.1) is 0 Å². The SMILES string of the molecule is C[C@@H]1CN(Cc2ccc(F)cc2)[C@@H](C)CN1C(=O)COc1c(C=O)cc([N+](=O)[O-])cc1[N+](=O)[O-]. The summed E-state index contributed by atoms with van der Waals surface area (Å²) in [5.74, 6) is -1.24. The second-order valence-electron chi connectivity index (χ2n) is 8.10. The van der Waals surface area contributed by atoms with Crippen molar-refractivity contribution < 1.29 is 28.6 Å². The van der Waals surface area contributed by atoms with Gasteiger partial charge in [0.25, 0.3) is 11.6 Å². The second kappa shape index (κ2) is 10.3. The Labute approximate surface area is 194 Å². The van der Waals surface area contributed by atoms with E-state index < -0.39 is 39.5 Å². The number of carbonyl (C=O) groups is 2. The first-order valence-electron chi connectivity index (χ1n) is 10.4. The van der Waals surface area contributed by atoms with Crippen LogP contribution in [0.1, 0.15) is 29.8 Å². The molecular formula is C22H23FN4O7. The number of rotatable bonds is 8. The number of nitro groups is 2. The van der Waals surface area contributed by atoms with Gasteiger partial charge in [-0.25, -0.2) is 4.39 Å². The summed E-state index contributed by atoms with van der Waals surface area (Å²) in [4.78, 5) is 48.6. The van der Waals surface area contributed by atoms with E-state index in [4.69, 9.17) is 4.74 Å². The number of nitro benzene ring substituents is 2. The summed E-state index contributed by atoms with van der Waals surface area (Å²) < 4.78 is 18.5. The van der Waals surface area contributed by atoms with E-state index in [-0.39, 0.29) is 29.8 Å². The highest BCUT2D eigenvalue weighted by Gasteiger charge is 2.33. The van der Waals surface area contributed by atoms with Crippen LogP contribution in [-0.2, 0) is 11.3 Å². The van der Waals surface area contributed by atoms with Crippen LogP contribution in [0.15, 0.2) is 36.4 Å². The molecule has 2 aromatic rings. The molecule has 1 aliphatic rings. The third kappa shape index (κ3) is 5.52. The van der Waals surface area contributed by atoms with E-state index in [0.717, 1.165) is 11.6 Å². The van der Waals surface area contributed by atoms with Crippen molar-refractivity contribution in [3.8, 4) is 5.75 Å². The van der Waals surface area contributed by atoms with E-state index >= 15 is 0 Å². The van der Waals surface area contributed by atoms with Crippen LogP contribution in [0, 0.1) is 26.0 Å². The van der Waals surface area contributed by atoms with Crippen LogP contribution in [0.5, 0.6) is 5.75 Å². The summed E-state index contributed by atoms with van der Waals surface area (Å²) in [6, 6.07) is 7.52. The Bertz CT molecular complexity index is 1110.